The highest BCUT2D eigenvalue weighted by molar-refractivity contribution is 5.76. The lowest BCUT2D eigenvalue weighted by molar-refractivity contribution is -0.122. The second-order valence-electron chi connectivity index (χ2n) is 7.26. The monoisotopic (exact) mass is 374 g/mol. The van der Waals surface area contributed by atoms with E-state index in [1.807, 2.05) is 12.1 Å². The van der Waals surface area contributed by atoms with Crippen LogP contribution in [-0.4, -0.2) is 23.6 Å². The van der Waals surface area contributed by atoms with E-state index in [1.165, 1.54) is 24.1 Å². The molecule has 0 saturated carbocycles. The van der Waals surface area contributed by atoms with Crippen LogP contribution in [0.5, 0.6) is 0 Å². The maximum Gasteiger partial charge on any atom is 0.220 e. The molecule has 0 saturated heterocycles. The van der Waals surface area contributed by atoms with E-state index >= 15 is 0 Å². The van der Waals surface area contributed by atoms with E-state index in [0.29, 0.717) is 12.8 Å². The number of halogens is 2. The second-order valence-corrected chi connectivity index (χ2v) is 7.26. The SMILES string of the molecule is CC(O)(CNC(=O)CCC1Cc2ccccc2CN1)c1ccc(F)cc1F. The minimum absolute atomic E-state index is 0.0465. The van der Waals surface area contributed by atoms with Crippen molar-refractivity contribution in [1.29, 1.82) is 0 Å². The van der Waals surface area contributed by atoms with Crippen LogP contribution >= 0.6 is 0 Å². The summed E-state index contributed by atoms with van der Waals surface area (Å²) in [5.74, 6) is -1.75. The molecule has 144 valence electrons. The van der Waals surface area contributed by atoms with Gasteiger partial charge in [0.1, 0.15) is 17.2 Å². The molecule has 1 aliphatic rings. The predicted molar refractivity (Wildman–Crippen MR) is 98.9 cm³/mol. The Balaban J connectivity index is 1.48. The molecule has 3 N–H and O–H groups in total. The van der Waals surface area contributed by atoms with Crippen LogP contribution in [0.3, 0.4) is 0 Å². The van der Waals surface area contributed by atoms with Crippen molar-refractivity contribution in [3.8, 4) is 0 Å². The molecule has 2 aromatic carbocycles. The Kier molecular flexibility index (Phi) is 5.87. The molecule has 0 fully saturated rings. The van der Waals surface area contributed by atoms with E-state index in [2.05, 4.69) is 22.8 Å². The van der Waals surface area contributed by atoms with Crippen LogP contribution in [0.2, 0.25) is 0 Å². The molecule has 1 heterocycles. The number of fused-ring (bicyclic) bond motifs is 1. The van der Waals surface area contributed by atoms with Crippen LogP contribution in [0.15, 0.2) is 42.5 Å². The van der Waals surface area contributed by atoms with Gasteiger partial charge in [0.25, 0.3) is 0 Å². The molecule has 27 heavy (non-hydrogen) atoms. The zero-order valence-corrected chi connectivity index (χ0v) is 15.3. The molecule has 0 aliphatic carbocycles. The smallest absolute Gasteiger partial charge is 0.220 e. The van der Waals surface area contributed by atoms with Crippen molar-refractivity contribution in [3.05, 3.63) is 70.8 Å². The third-order valence-corrected chi connectivity index (χ3v) is 5.03. The van der Waals surface area contributed by atoms with Crippen molar-refractivity contribution in [1.82, 2.24) is 10.6 Å². The quantitative estimate of drug-likeness (QED) is 0.729. The number of nitrogens with one attached hydrogen (secondary N) is 2. The summed E-state index contributed by atoms with van der Waals surface area (Å²) in [4.78, 5) is 12.1. The Morgan fingerprint density at radius 2 is 2.00 bits per heavy atom. The Hall–Kier alpha value is -2.31. The molecule has 0 spiro atoms. The Morgan fingerprint density at radius 1 is 1.26 bits per heavy atom. The third-order valence-electron chi connectivity index (χ3n) is 5.03. The highest BCUT2D eigenvalue weighted by atomic mass is 19.1. The lowest BCUT2D eigenvalue weighted by Gasteiger charge is -2.27. The Labute approximate surface area is 157 Å². The number of carbonyl (C=O) groups excluding carboxylic acids is 1. The standard InChI is InChI=1S/C21H24F2N2O2/c1-21(27,18-8-6-16(22)11-19(18)23)13-25-20(26)9-7-17-10-14-4-2-3-5-15(14)12-24-17/h2-6,8,11,17,24,27H,7,9-10,12-13H2,1H3,(H,25,26). The summed E-state index contributed by atoms with van der Waals surface area (Å²) in [6, 6.07) is 11.5. The Bertz CT molecular complexity index is 824. The first-order valence-electron chi connectivity index (χ1n) is 9.10. The Morgan fingerprint density at radius 3 is 2.74 bits per heavy atom. The first kappa shape index (κ1) is 19.5. The number of amides is 1. The summed E-state index contributed by atoms with van der Waals surface area (Å²) in [5, 5.41) is 16.5. The van der Waals surface area contributed by atoms with E-state index in [4.69, 9.17) is 0 Å². The fourth-order valence-corrected chi connectivity index (χ4v) is 3.41. The highest BCUT2D eigenvalue weighted by Gasteiger charge is 2.27. The van der Waals surface area contributed by atoms with Crippen molar-refractivity contribution < 1.29 is 18.7 Å². The summed E-state index contributed by atoms with van der Waals surface area (Å²) in [6.07, 6.45) is 1.86. The zero-order valence-electron chi connectivity index (χ0n) is 15.3. The number of aliphatic hydroxyl groups is 1. The molecule has 2 atom stereocenters. The molecule has 0 bridgehead atoms. The fourth-order valence-electron chi connectivity index (χ4n) is 3.41. The molecule has 0 radical (unpaired) electrons. The molecule has 2 aromatic rings. The fraction of sp³-hybridized carbons (Fsp3) is 0.381. The maximum absolute atomic E-state index is 13.9. The first-order chi connectivity index (χ1) is 12.8. The van der Waals surface area contributed by atoms with Gasteiger partial charge in [0, 0.05) is 30.6 Å². The minimum atomic E-state index is -1.62. The largest absolute Gasteiger partial charge is 0.383 e. The van der Waals surface area contributed by atoms with Crippen LogP contribution in [0.4, 0.5) is 8.78 Å². The van der Waals surface area contributed by atoms with Gasteiger partial charge in [-0.1, -0.05) is 30.3 Å². The summed E-state index contributed by atoms with van der Waals surface area (Å²) >= 11 is 0. The van der Waals surface area contributed by atoms with Gasteiger partial charge in [-0.3, -0.25) is 4.79 Å². The summed E-state index contributed by atoms with van der Waals surface area (Å²) < 4.78 is 26.9. The van der Waals surface area contributed by atoms with E-state index in [0.717, 1.165) is 25.1 Å². The molecule has 1 aliphatic heterocycles. The zero-order chi connectivity index (χ0) is 19.4. The number of carbonyl (C=O) groups is 1. The predicted octanol–water partition coefficient (Wildman–Crippen LogP) is 2.78. The van der Waals surface area contributed by atoms with Crippen LogP contribution in [0.1, 0.15) is 36.5 Å². The summed E-state index contributed by atoms with van der Waals surface area (Å²) in [5.41, 5.74) is 0.928. The van der Waals surface area contributed by atoms with Crippen LogP contribution in [0, 0.1) is 11.6 Å². The van der Waals surface area contributed by atoms with Gasteiger partial charge < -0.3 is 15.7 Å². The van der Waals surface area contributed by atoms with Gasteiger partial charge in [-0.05, 0) is 37.0 Å². The average molecular weight is 374 g/mol. The average Bonchev–Trinajstić information content (AvgIpc) is 2.64. The normalized spacial score (nSPS) is 18.4. The third kappa shape index (κ3) is 4.90. The van der Waals surface area contributed by atoms with Crippen molar-refractivity contribution in [2.24, 2.45) is 0 Å². The van der Waals surface area contributed by atoms with Crippen molar-refractivity contribution in [3.63, 3.8) is 0 Å². The minimum Gasteiger partial charge on any atom is -0.383 e. The van der Waals surface area contributed by atoms with E-state index in [9.17, 15) is 18.7 Å². The van der Waals surface area contributed by atoms with Crippen molar-refractivity contribution in [2.45, 2.75) is 44.4 Å². The van der Waals surface area contributed by atoms with Gasteiger partial charge in [-0.2, -0.15) is 0 Å². The van der Waals surface area contributed by atoms with Gasteiger partial charge in [-0.15, -0.1) is 0 Å². The van der Waals surface area contributed by atoms with Crippen LogP contribution < -0.4 is 10.6 Å². The first-order valence-corrected chi connectivity index (χ1v) is 9.10. The second kappa shape index (κ2) is 8.15. The lowest BCUT2D eigenvalue weighted by atomic mass is 9.93. The van der Waals surface area contributed by atoms with E-state index in [-0.39, 0.29) is 24.1 Å². The molecule has 3 rings (SSSR count). The number of hydrogen-bond donors (Lipinski definition) is 3. The van der Waals surface area contributed by atoms with Crippen LogP contribution in [0.25, 0.3) is 0 Å². The van der Waals surface area contributed by atoms with Gasteiger partial charge >= 0.3 is 0 Å². The van der Waals surface area contributed by atoms with E-state index < -0.39 is 17.2 Å². The highest BCUT2D eigenvalue weighted by Crippen LogP contribution is 2.24. The number of hydrogen-bond acceptors (Lipinski definition) is 3. The molecule has 0 aromatic heterocycles. The summed E-state index contributed by atoms with van der Waals surface area (Å²) in [7, 11) is 0. The number of benzene rings is 2. The van der Waals surface area contributed by atoms with Gasteiger partial charge in [0.15, 0.2) is 0 Å². The van der Waals surface area contributed by atoms with Crippen molar-refractivity contribution >= 4 is 5.91 Å². The van der Waals surface area contributed by atoms with Gasteiger partial charge in [0.2, 0.25) is 5.91 Å². The van der Waals surface area contributed by atoms with Gasteiger partial charge in [-0.25, -0.2) is 8.78 Å². The summed E-state index contributed by atoms with van der Waals surface area (Å²) in [6.45, 7) is 2.04. The molecule has 1 amide bonds. The van der Waals surface area contributed by atoms with Crippen LogP contribution in [-0.2, 0) is 23.4 Å². The van der Waals surface area contributed by atoms with Crippen molar-refractivity contribution in [2.75, 3.05) is 6.54 Å². The van der Waals surface area contributed by atoms with E-state index in [1.54, 1.807) is 0 Å². The molecular weight excluding hydrogens is 350 g/mol. The molecule has 6 heteroatoms. The lowest BCUT2D eigenvalue weighted by Crippen LogP contribution is -2.40. The van der Waals surface area contributed by atoms with Gasteiger partial charge in [0.05, 0.1) is 6.54 Å². The number of rotatable bonds is 6. The molecule has 4 nitrogen and oxygen atoms in total. The maximum atomic E-state index is 13.9. The topological polar surface area (TPSA) is 61.4 Å². The molecule has 2 unspecified atom stereocenters. The molecular formula is C21H24F2N2O2.